The van der Waals surface area contributed by atoms with Crippen LogP contribution in [0.2, 0.25) is 10.0 Å². The van der Waals surface area contributed by atoms with Crippen molar-refractivity contribution in [1.82, 2.24) is 4.98 Å². The molecule has 16 heavy (non-hydrogen) atoms. The molecule has 1 nitrogen and oxygen atoms in total. The van der Waals surface area contributed by atoms with Crippen molar-refractivity contribution < 1.29 is 0 Å². The Morgan fingerprint density at radius 2 is 2.00 bits per heavy atom. The molecule has 0 bridgehead atoms. The summed E-state index contributed by atoms with van der Waals surface area (Å²) in [6.45, 7) is 1.98. The van der Waals surface area contributed by atoms with E-state index in [4.69, 9.17) is 23.2 Å². The number of benzene rings is 1. The lowest BCUT2D eigenvalue weighted by Gasteiger charge is -1.96. The predicted molar refractivity (Wildman–Crippen MR) is 72.2 cm³/mol. The number of hydrogen-bond acceptors (Lipinski definition) is 2. The number of thiazole rings is 1. The molecule has 4 heteroatoms. The maximum absolute atomic E-state index is 5.92. The molecule has 82 valence electrons. The van der Waals surface area contributed by atoms with Crippen LogP contribution in [-0.2, 0) is 0 Å². The van der Waals surface area contributed by atoms with Gasteiger partial charge < -0.3 is 0 Å². The summed E-state index contributed by atoms with van der Waals surface area (Å²) in [6.07, 6.45) is 3.94. The van der Waals surface area contributed by atoms with E-state index in [1.54, 1.807) is 17.4 Å². The van der Waals surface area contributed by atoms with Crippen LogP contribution in [0.3, 0.4) is 0 Å². The first-order chi connectivity index (χ1) is 7.65. The maximum atomic E-state index is 5.92. The Labute approximate surface area is 108 Å². The van der Waals surface area contributed by atoms with E-state index in [0.29, 0.717) is 10.0 Å². The molecule has 0 aliphatic carbocycles. The van der Waals surface area contributed by atoms with Gasteiger partial charge in [0.05, 0.1) is 10.0 Å². The summed E-state index contributed by atoms with van der Waals surface area (Å²) < 4.78 is 0. The summed E-state index contributed by atoms with van der Waals surface area (Å²) in [5, 5.41) is 4.15. The van der Waals surface area contributed by atoms with E-state index >= 15 is 0 Å². The van der Waals surface area contributed by atoms with Gasteiger partial charge in [0.1, 0.15) is 5.01 Å². The smallest absolute Gasteiger partial charge is 0.116 e. The fourth-order valence-corrected chi connectivity index (χ4v) is 2.23. The summed E-state index contributed by atoms with van der Waals surface area (Å²) in [5.41, 5.74) is 2.06. The van der Waals surface area contributed by atoms with Crippen molar-refractivity contribution in [2.24, 2.45) is 0 Å². The summed E-state index contributed by atoms with van der Waals surface area (Å²) in [6, 6.07) is 5.54. The van der Waals surface area contributed by atoms with Crippen molar-refractivity contribution in [2.45, 2.75) is 6.92 Å². The Kier molecular flexibility index (Phi) is 3.64. The second-order valence-corrected chi connectivity index (χ2v) is 5.04. The zero-order valence-corrected chi connectivity index (χ0v) is 10.9. The van der Waals surface area contributed by atoms with E-state index in [-0.39, 0.29) is 0 Å². The summed E-state index contributed by atoms with van der Waals surface area (Å²) in [5.74, 6) is 0. The van der Waals surface area contributed by atoms with E-state index in [1.165, 1.54) is 0 Å². The van der Waals surface area contributed by atoms with Gasteiger partial charge in [0.15, 0.2) is 0 Å². The van der Waals surface area contributed by atoms with Gasteiger partial charge in [-0.2, -0.15) is 0 Å². The van der Waals surface area contributed by atoms with Crippen LogP contribution in [0, 0.1) is 6.92 Å². The molecule has 1 heterocycles. The number of hydrogen-bond donors (Lipinski definition) is 0. The largest absolute Gasteiger partial charge is 0.242 e. The van der Waals surface area contributed by atoms with Crippen molar-refractivity contribution in [3.8, 4) is 0 Å². The highest BCUT2D eigenvalue weighted by atomic mass is 35.5. The average Bonchev–Trinajstić information content (AvgIpc) is 2.66. The van der Waals surface area contributed by atoms with Crippen molar-refractivity contribution in [3.05, 3.63) is 49.9 Å². The Balaban J connectivity index is 2.20. The maximum Gasteiger partial charge on any atom is 0.116 e. The minimum Gasteiger partial charge on any atom is -0.242 e. The third kappa shape index (κ3) is 2.85. The van der Waals surface area contributed by atoms with E-state index < -0.39 is 0 Å². The topological polar surface area (TPSA) is 12.9 Å². The highest BCUT2D eigenvalue weighted by Gasteiger charge is 1.97. The molecular formula is C12H9Cl2NS. The zero-order valence-electron chi connectivity index (χ0n) is 8.58. The predicted octanol–water partition coefficient (Wildman–Crippen LogP) is 4.93. The van der Waals surface area contributed by atoms with Crippen LogP contribution in [0.5, 0.6) is 0 Å². The first-order valence-electron chi connectivity index (χ1n) is 4.70. The first-order valence-corrected chi connectivity index (χ1v) is 6.34. The van der Waals surface area contributed by atoms with Gasteiger partial charge in [-0.1, -0.05) is 35.3 Å². The molecule has 2 rings (SSSR count). The lowest BCUT2D eigenvalue weighted by Crippen LogP contribution is -1.74. The molecular weight excluding hydrogens is 261 g/mol. The van der Waals surface area contributed by atoms with Gasteiger partial charge in [0.2, 0.25) is 0 Å². The third-order valence-corrected chi connectivity index (χ3v) is 3.67. The monoisotopic (exact) mass is 269 g/mol. The quantitative estimate of drug-likeness (QED) is 0.754. The molecule has 0 aliphatic heterocycles. The molecule has 0 saturated carbocycles. The minimum absolute atomic E-state index is 0.569. The van der Waals surface area contributed by atoms with Crippen LogP contribution in [0.4, 0.5) is 0 Å². The molecule has 0 atom stereocenters. The minimum atomic E-state index is 0.569. The van der Waals surface area contributed by atoms with E-state index in [2.05, 4.69) is 4.98 Å². The molecule has 0 saturated heterocycles. The highest BCUT2D eigenvalue weighted by molar-refractivity contribution is 7.10. The van der Waals surface area contributed by atoms with E-state index in [9.17, 15) is 0 Å². The van der Waals surface area contributed by atoms with Gasteiger partial charge in [-0.15, -0.1) is 11.3 Å². The lowest BCUT2D eigenvalue weighted by molar-refractivity contribution is 1.25. The molecule has 2 aromatic rings. The normalized spacial score (nSPS) is 11.2. The van der Waals surface area contributed by atoms with Crippen LogP contribution in [0.15, 0.2) is 23.6 Å². The Morgan fingerprint density at radius 1 is 1.19 bits per heavy atom. The van der Waals surface area contributed by atoms with Crippen molar-refractivity contribution in [3.63, 3.8) is 0 Å². The number of aryl methyl sites for hydroxylation is 1. The fraction of sp³-hybridized carbons (Fsp3) is 0.0833. The SMILES string of the molecule is Cc1csc(/C=C/c2ccc(Cl)c(Cl)c2)n1. The number of rotatable bonds is 2. The van der Waals surface area contributed by atoms with Gasteiger partial charge in [-0.05, 0) is 30.7 Å². The van der Waals surface area contributed by atoms with E-state index in [1.807, 2.05) is 36.6 Å². The Bertz CT molecular complexity index is 532. The zero-order chi connectivity index (χ0) is 11.5. The molecule has 1 aromatic heterocycles. The number of nitrogens with zero attached hydrogens (tertiary/aromatic N) is 1. The average molecular weight is 270 g/mol. The van der Waals surface area contributed by atoms with Gasteiger partial charge in [-0.25, -0.2) is 4.98 Å². The van der Waals surface area contributed by atoms with Gasteiger partial charge in [-0.3, -0.25) is 0 Å². The Morgan fingerprint density at radius 3 is 2.62 bits per heavy atom. The molecule has 0 fully saturated rings. The molecule has 0 amide bonds. The van der Waals surface area contributed by atoms with Gasteiger partial charge >= 0.3 is 0 Å². The van der Waals surface area contributed by atoms with Crippen LogP contribution >= 0.6 is 34.5 Å². The second-order valence-electron chi connectivity index (χ2n) is 3.33. The first kappa shape index (κ1) is 11.6. The second kappa shape index (κ2) is 5.00. The molecule has 0 radical (unpaired) electrons. The van der Waals surface area contributed by atoms with Crippen molar-refractivity contribution >= 4 is 46.7 Å². The summed E-state index contributed by atoms with van der Waals surface area (Å²) in [7, 11) is 0. The van der Waals surface area contributed by atoms with Crippen LogP contribution in [0.25, 0.3) is 12.2 Å². The summed E-state index contributed by atoms with van der Waals surface area (Å²) >= 11 is 13.4. The van der Waals surface area contributed by atoms with Crippen LogP contribution in [0.1, 0.15) is 16.3 Å². The molecule has 0 N–H and O–H groups in total. The summed E-state index contributed by atoms with van der Waals surface area (Å²) in [4.78, 5) is 4.34. The van der Waals surface area contributed by atoms with Gasteiger partial charge in [0.25, 0.3) is 0 Å². The third-order valence-electron chi connectivity index (χ3n) is 2.00. The van der Waals surface area contributed by atoms with Crippen molar-refractivity contribution in [1.29, 1.82) is 0 Å². The molecule has 0 aliphatic rings. The molecule has 0 spiro atoms. The lowest BCUT2D eigenvalue weighted by atomic mass is 10.2. The van der Waals surface area contributed by atoms with Gasteiger partial charge in [0, 0.05) is 11.1 Å². The molecule has 0 unspecified atom stereocenters. The number of halogens is 2. The fourth-order valence-electron chi connectivity index (χ4n) is 1.23. The standard InChI is InChI=1S/C12H9Cl2NS/c1-8-7-16-12(15-8)5-3-9-2-4-10(13)11(14)6-9/h2-7H,1H3/b5-3+. The van der Waals surface area contributed by atoms with Crippen molar-refractivity contribution in [2.75, 3.05) is 0 Å². The van der Waals surface area contributed by atoms with E-state index in [0.717, 1.165) is 16.3 Å². The number of aromatic nitrogens is 1. The van der Waals surface area contributed by atoms with Crippen LogP contribution in [-0.4, -0.2) is 4.98 Å². The molecule has 1 aromatic carbocycles. The highest BCUT2D eigenvalue weighted by Crippen LogP contribution is 2.23. The Hall–Kier alpha value is -0.830. The van der Waals surface area contributed by atoms with Crippen LogP contribution < -0.4 is 0 Å².